The Balaban J connectivity index is 1.36. The highest BCUT2D eigenvalue weighted by Crippen LogP contribution is 2.55. The van der Waals surface area contributed by atoms with Crippen molar-refractivity contribution in [1.82, 2.24) is 14.5 Å². The Hall–Kier alpha value is -3.61. The minimum Gasteiger partial charge on any atom is -0.495 e. The van der Waals surface area contributed by atoms with E-state index in [4.69, 9.17) is 9.57 Å². The Morgan fingerprint density at radius 3 is 2.71 bits per heavy atom. The third-order valence-corrected chi connectivity index (χ3v) is 7.14. The number of aryl methyl sites for hydroxylation is 1. The molecule has 2 aliphatic heterocycles. The number of fused-ring (bicyclic) bond motifs is 1. The van der Waals surface area contributed by atoms with Crippen molar-refractivity contribution in [3.63, 3.8) is 0 Å². The normalized spacial score (nSPS) is 21.7. The zero-order valence-electron chi connectivity index (χ0n) is 19.4. The third kappa shape index (κ3) is 3.75. The van der Waals surface area contributed by atoms with Crippen LogP contribution in [0.15, 0.2) is 65.7 Å². The summed E-state index contributed by atoms with van der Waals surface area (Å²) in [6, 6.07) is 13.0. The van der Waals surface area contributed by atoms with E-state index in [1.807, 2.05) is 29.8 Å². The summed E-state index contributed by atoms with van der Waals surface area (Å²) in [5, 5.41) is 4.48. The fourth-order valence-corrected chi connectivity index (χ4v) is 5.13. The molecule has 1 saturated carbocycles. The van der Waals surface area contributed by atoms with Crippen LogP contribution in [-0.2, 0) is 4.84 Å². The summed E-state index contributed by atoms with van der Waals surface area (Å²) in [6.07, 6.45) is 9.39. The van der Waals surface area contributed by atoms with Gasteiger partial charge in [-0.15, -0.1) is 0 Å². The van der Waals surface area contributed by atoms with E-state index >= 15 is 0 Å². The molecule has 0 bridgehead atoms. The average Bonchev–Trinajstić information content (AvgIpc) is 3.44. The summed E-state index contributed by atoms with van der Waals surface area (Å²) in [6.45, 7) is 3.39. The van der Waals surface area contributed by atoms with Gasteiger partial charge in [0.05, 0.1) is 30.9 Å². The zero-order valence-corrected chi connectivity index (χ0v) is 19.4. The Bertz CT molecular complexity index is 1290. The number of imidazole rings is 1. The molecule has 6 rings (SSSR count). The van der Waals surface area contributed by atoms with E-state index in [1.165, 1.54) is 30.5 Å². The topological polar surface area (TPSA) is 51.9 Å². The summed E-state index contributed by atoms with van der Waals surface area (Å²) < 4.78 is 21.2. The van der Waals surface area contributed by atoms with Crippen LogP contribution < -0.4 is 4.74 Å². The second-order valence-electron chi connectivity index (χ2n) is 9.61. The van der Waals surface area contributed by atoms with Crippen molar-refractivity contribution in [2.24, 2.45) is 10.6 Å². The van der Waals surface area contributed by atoms with Crippen LogP contribution in [0.2, 0.25) is 0 Å². The molecule has 1 saturated heterocycles. The maximum atomic E-state index is 13.5. The molecule has 3 aromatic rings. The van der Waals surface area contributed by atoms with E-state index < -0.39 is 0 Å². The van der Waals surface area contributed by atoms with E-state index in [0.29, 0.717) is 12.0 Å². The zero-order chi connectivity index (χ0) is 23.3. The van der Waals surface area contributed by atoms with Crippen LogP contribution in [0.1, 0.15) is 42.1 Å². The number of hydrogen-bond donors (Lipinski definition) is 0. The van der Waals surface area contributed by atoms with Crippen molar-refractivity contribution in [3.05, 3.63) is 83.2 Å². The van der Waals surface area contributed by atoms with Crippen LogP contribution in [0.3, 0.4) is 0 Å². The van der Waals surface area contributed by atoms with E-state index in [1.54, 1.807) is 13.4 Å². The van der Waals surface area contributed by atoms with Gasteiger partial charge in [0, 0.05) is 12.7 Å². The van der Waals surface area contributed by atoms with Gasteiger partial charge in [0.25, 0.3) is 0 Å². The standard InChI is InChI=1S/C27H27FN4O2/c1-18-14-31(17-29-18)23-8-3-19(12-25(23)33-2)11-21-13-27(9-10-27)16-32-24(15-34-30-26(21)32)20-4-6-22(28)7-5-20/h3-8,11-12,14,17,24H,9-10,13,15-16H2,1-2H3/b21-11+. The summed E-state index contributed by atoms with van der Waals surface area (Å²) in [5.41, 5.74) is 5.46. The molecule has 2 aromatic carbocycles. The molecule has 3 aliphatic rings. The Morgan fingerprint density at radius 2 is 2.00 bits per heavy atom. The smallest absolute Gasteiger partial charge is 0.172 e. The molecular formula is C27H27FN4O2. The molecule has 6 nitrogen and oxygen atoms in total. The number of halogens is 1. The number of aromatic nitrogens is 2. The van der Waals surface area contributed by atoms with Crippen LogP contribution in [-0.4, -0.2) is 40.5 Å². The van der Waals surface area contributed by atoms with Crippen molar-refractivity contribution in [1.29, 1.82) is 0 Å². The van der Waals surface area contributed by atoms with Gasteiger partial charge in [-0.25, -0.2) is 9.37 Å². The second kappa shape index (κ2) is 8.01. The first-order valence-corrected chi connectivity index (χ1v) is 11.7. The molecule has 34 heavy (non-hydrogen) atoms. The van der Waals surface area contributed by atoms with Crippen LogP contribution in [0.4, 0.5) is 4.39 Å². The Morgan fingerprint density at radius 1 is 1.18 bits per heavy atom. The third-order valence-electron chi connectivity index (χ3n) is 7.14. The van der Waals surface area contributed by atoms with Gasteiger partial charge in [0.15, 0.2) is 5.84 Å². The molecule has 1 spiro atoms. The number of oxime groups is 1. The summed E-state index contributed by atoms with van der Waals surface area (Å²) in [7, 11) is 1.69. The van der Waals surface area contributed by atoms with Gasteiger partial charge >= 0.3 is 0 Å². The molecule has 2 fully saturated rings. The lowest BCUT2D eigenvalue weighted by molar-refractivity contribution is 0.0482. The average molecular weight is 459 g/mol. The second-order valence-corrected chi connectivity index (χ2v) is 9.61. The molecule has 0 N–H and O–H groups in total. The van der Waals surface area contributed by atoms with Gasteiger partial charge in [-0.3, -0.25) is 0 Å². The number of piperidine rings is 1. The first-order chi connectivity index (χ1) is 16.5. The molecule has 1 unspecified atom stereocenters. The number of benzene rings is 2. The molecule has 7 heteroatoms. The molecule has 1 aliphatic carbocycles. The molecule has 1 atom stereocenters. The lowest BCUT2D eigenvalue weighted by atomic mass is 9.87. The molecule has 1 aromatic heterocycles. The van der Waals surface area contributed by atoms with Crippen molar-refractivity contribution in [2.75, 3.05) is 20.3 Å². The SMILES string of the molecule is COc1cc(/C=C2\CC3(CC3)CN3C2=NOCC3c2ccc(F)cc2)ccc1-n1cnc(C)c1. The molecule has 174 valence electrons. The van der Waals surface area contributed by atoms with Crippen LogP contribution in [0.5, 0.6) is 5.75 Å². The highest BCUT2D eigenvalue weighted by Gasteiger charge is 2.51. The molecular weight excluding hydrogens is 431 g/mol. The summed E-state index contributed by atoms with van der Waals surface area (Å²) in [4.78, 5) is 12.4. The first-order valence-electron chi connectivity index (χ1n) is 11.7. The summed E-state index contributed by atoms with van der Waals surface area (Å²) >= 11 is 0. The lowest BCUT2D eigenvalue weighted by Gasteiger charge is -2.43. The maximum Gasteiger partial charge on any atom is 0.172 e. The Kier molecular flexibility index (Phi) is 4.94. The largest absolute Gasteiger partial charge is 0.495 e. The first kappa shape index (κ1) is 21.0. The van der Waals surface area contributed by atoms with Crippen LogP contribution in [0.25, 0.3) is 11.8 Å². The number of ether oxygens (including phenoxy) is 1. The van der Waals surface area contributed by atoms with Gasteiger partial charge in [-0.05, 0) is 78.6 Å². The number of amidine groups is 1. The fourth-order valence-electron chi connectivity index (χ4n) is 5.13. The predicted octanol–water partition coefficient (Wildman–Crippen LogP) is 5.28. The number of nitrogens with zero attached hydrogens (tertiary/aromatic N) is 4. The number of methoxy groups -OCH3 is 1. The lowest BCUT2D eigenvalue weighted by Crippen LogP contribution is -2.48. The van der Waals surface area contributed by atoms with Crippen molar-refractivity contribution >= 4 is 11.9 Å². The minimum absolute atomic E-state index is 0.0238. The predicted molar refractivity (Wildman–Crippen MR) is 128 cm³/mol. The van der Waals surface area contributed by atoms with Crippen LogP contribution in [0, 0.1) is 18.2 Å². The van der Waals surface area contributed by atoms with Crippen LogP contribution >= 0.6 is 0 Å². The van der Waals surface area contributed by atoms with Gasteiger partial charge in [0.1, 0.15) is 18.2 Å². The quantitative estimate of drug-likeness (QED) is 0.534. The maximum absolute atomic E-state index is 13.5. The molecule has 3 heterocycles. The van der Waals surface area contributed by atoms with Gasteiger partial charge in [0.2, 0.25) is 0 Å². The van der Waals surface area contributed by atoms with E-state index in [9.17, 15) is 4.39 Å². The summed E-state index contributed by atoms with van der Waals surface area (Å²) in [5.74, 6) is 1.44. The number of rotatable bonds is 4. The monoisotopic (exact) mass is 458 g/mol. The minimum atomic E-state index is -0.226. The highest BCUT2D eigenvalue weighted by atomic mass is 19.1. The van der Waals surface area contributed by atoms with E-state index in [-0.39, 0.29) is 11.9 Å². The molecule has 0 amide bonds. The van der Waals surface area contributed by atoms with E-state index in [0.717, 1.165) is 47.1 Å². The van der Waals surface area contributed by atoms with Gasteiger partial charge < -0.3 is 19.0 Å². The van der Waals surface area contributed by atoms with Crippen molar-refractivity contribution in [2.45, 2.75) is 32.2 Å². The number of hydrogen-bond acceptors (Lipinski definition) is 5. The van der Waals surface area contributed by atoms with Crippen molar-refractivity contribution in [3.8, 4) is 11.4 Å². The van der Waals surface area contributed by atoms with Gasteiger partial charge in [-0.1, -0.05) is 23.4 Å². The van der Waals surface area contributed by atoms with Crippen molar-refractivity contribution < 1.29 is 14.0 Å². The Labute approximate surface area is 198 Å². The highest BCUT2D eigenvalue weighted by molar-refractivity contribution is 6.03. The molecule has 0 radical (unpaired) electrons. The van der Waals surface area contributed by atoms with E-state index in [2.05, 4.69) is 39.3 Å². The van der Waals surface area contributed by atoms with Gasteiger partial charge in [-0.2, -0.15) is 0 Å². The fraction of sp³-hybridized carbons (Fsp3) is 0.333.